The van der Waals surface area contributed by atoms with E-state index >= 15 is 0 Å². The molecule has 1 saturated heterocycles. The van der Waals surface area contributed by atoms with E-state index in [1.165, 1.54) is 11.1 Å². The van der Waals surface area contributed by atoms with Crippen LogP contribution in [-0.4, -0.2) is 66.8 Å². The monoisotopic (exact) mass is 374 g/mol. The first-order chi connectivity index (χ1) is 12.8. The van der Waals surface area contributed by atoms with Crippen LogP contribution in [0.5, 0.6) is 5.75 Å². The number of aliphatic imine (C=N–C) groups is 1. The summed E-state index contributed by atoms with van der Waals surface area (Å²) in [6.45, 7) is 9.58. The number of nitrogens with two attached hydrogens (primary N) is 1. The number of carbonyl (C=O) groups is 1. The summed E-state index contributed by atoms with van der Waals surface area (Å²) in [4.78, 5) is 20.4. The Labute approximate surface area is 161 Å². The Morgan fingerprint density at radius 1 is 1.22 bits per heavy atom. The molecule has 1 fully saturated rings. The van der Waals surface area contributed by atoms with E-state index in [1.807, 2.05) is 31.7 Å². The molecule has 1 aromatic carbocycles. The highest BCUT2D eigenvalue weighted by Crippen LogP contribution is 2.26. The van der Waals surface area contributed by atoms with Crippen molar-refractivity contribution >= 4 is 12.1 Å². The van der Waals surface area contributed by atoms with Crippen molar-refractivity contribution < 1.29 is 14.3 Å². The molecule has 0 aliphatic carbocycles. The molecule has 148 valence electrons. The first-order valence-electron chi connectivity index (χ1n) is 9.59. The van der Waals surface area contributed by atoms with E-state index in [0.717, 1.165) is 25.2 Å². The molecular weight excluding hydrogens is 344 g/mol. The number of benzene rings is 1. The van der Waals surface area contributed by atoms with Gasteiger partial charge in [-0.3, -0.25) is 4.99 Å². The number of fused-ring (bicyclic) bond motifs is 1. The van der Waals surface area contributed by atoms with Crippen molar-refractivity contribution in [3.63, 3.8) is 0 Å². The van der Waals surface area contributed by atoms with Gasteiger partial charge in [-0.25, -0.2) is 4.79 Å². The van der Waals surface area contributed by atoms with Gasteiger partial charge < -0.3 is 25.0 Å². The van der Waals surface area contributed by atoms with Gasteiger partial charge in [0.15, 0.2) is 5.96 Å². The van der Waals surface area contributed by atoms with E-state index < -0.39 is 5.60 Å². The van der Waals surface area contributed by atoms with Crippen LogP contribution in [0.1, 0.15) is 31.9 Å². The molecule has 7 nitrogen and oxygen atoms in total. The van der Waals surface area contributed by atoms with Gasteiger partial charge in [0.1, 0.15) is 11.4 Å². The van der Waals surface area contributed by atoms with Crippen LogP contribution in [0.15, 0.2) is 23.2 Å². The average molecular weight is 374 g/mol. The van der Waals surface area contributed by atoms with Crippen LogP contribution < -0.4 is 10.5 Å². The molecule has 2 aliphatic heterocycles. The highest BCUT2D eigenvalue weighted by molar-refractivity contribution is 5.78. The number of hydrogen-bond acceptors (Lipinski definition) is 4. The lowest BCUT2D eigenvalue weighted by Crippen LogP contribution is -2.53. The number of carbonyl (C=O) groups excluding carboxylic acids is 1. The summed E-state index contributed by atoms with van der Waals surface area (Å²) in [6.07, 6.45) is 1.57. The van der Waals surface area contributed by atoms with E-state index in [9.17, 15) is 4.79 Å². The van der Waals surface area contributed by atoms with Gasteiger partial charge in [-0.05, 0) is 44.4 Å². The van der Waals surface area contributed by atoms with Gasteiger partial charge in [0.05, 0.1) is 6.61 Å². The Morgan fingerprint density at radius 3 is 2.63 bits per heavy atom. The van der Waals surface area contributed by atoms with Gasteiger partial charge >= 0.3 is 6.09 Å². The van der Waals surface area contributed by atoms with Crippen LogP contribution in [0.2, 0.25) is 0 Å². The molecule has 2 heterocycles. The molecule has 3 rings (SSSR count). The number of hydrogen-bond donors (Lipinski definition) is 1. The SMILES string of the molecule is CC(C)(C)OC(=O)N1CCN(C(N)=NCCc2ccc3c(c2)CCO3)CC1. The largest absolute Gasteiger partial charge is 0.493 e. The summed E-state index contributed by atoms with van der Waals surface area (Å²) in [5.74, 6) is 1.55. The predicted molar refractivity (Wildman–Crippen MR) is 105 cm³/mol. The summed E-state index contributed by atoms with van der Waals surface area (Å²) in [5.41, 5.74) is 8.21. The van der Waals surface area contributed by atoms with Crippen molar-refractivity contribution in [3.05, 3.63) is 29.3 Å². The summed E-state index contributed by atoms with van der Waals surface area (Å²) in [7, 11) is 0. The van der Waals surface area contributed by atoms with Gasteiger partial charge in [0, 0.05) is 39.1 Å². The second-order valence-electron chi connectivity index (χ2n) is 7.98. The highest BCUT2D eigenvalue weighted by atomic mass is 16.6. The molecule has 0 atom stereocenters. The smallest absolute Gasteiger partial charge is 0.410 e. The molecule has 0 spiro atoms. The topological polar surface area (TPSA) is 80.4 Å². The molecule has 0 bridgehead atoms. The summed E-state index contributed by atoms with van der Waals surface area (Å²) in [6, 6.07) is 6.34. The number of nitrogens with zero attached hydrogens (tertiary/aromatic N) is 3. The lowest BCUT2D eigenvalue weighted by Gasteiger charge is -2.36. The van der Waals surface area contributed by atoms with Gasteiger partial charge in [-0.2, -0.15) is 0 Å². The van der Waals surface area contributed by atoms with Crippen molar-refractivity contribution in [2.45, 2.75) is 39.2 Å². The fraction of sp³-hybridized carbons (Fsp3) is 0.600. The minimum absolute atomic E-state index is 0.266. The second kappa shape index (κ2) is 8.06. The Balaban J connectivity index is 1.45. The normalized spacial score (nSPS) is 17.5. The van der Waals surface area contributed by atoms with Crippen LogP contribution in [-0.2, 0) is 17.6 Å². The van der Waals surface area contributed by atoms with E-state index in [1.54, 1.807) is 4.90 Å². The van der Waals surface area contributed by atoms with E-state index in [0.29, 0.717) is 38.7 Å². The number of piperazine rings is 1. The first kappa shape index (κ1) is 19.3. The van der Waals surface area contributed by atoms with Gasteiger partial charge in [-0.15, -0.1) is 0 Å². The summed E-state index contributed by atoms with van der Waals surface area (Å²) in [5, 5.41) is 0. The van der Waals surface area contributed by atoms with Crippen molar-refractivity contribution in [1.29, 1.82) is 0 Å². The van der Waals surface area contributed by atoms with E-state index in [4.69, 9.17) is 15.2 Å². The summed E-state index contributed by atoms with van der Waals surface area (Å²) >= 11 is 0. The Morgan fingerprint density at radius 2 is 1.93 bits per heavy atom. The van der Waals surface area contributed by atoms with E-state index in [2.05, 4.69) is 17.1 Å². The van der Waals surface area contributed by atoms with Gasteiger partial charge in [0.2, 0.25) is 0 Å². The van der Waals surface area contributed by atoms with Gasteiger partial charge in [0.25, 0.3) is 0 Å². The summed E-state index contributed by atoms with van der Waals surface area (Å²) < 4.78 is 11.0. The molecule has 1 amide bonds. The maximum atomic E-state index is 12.1. The molecule has 0 saturated carbocycles. The molecule has 0 radical (unpaired) electrons. The van der Waals surface area contributed by atoms with E-state index in [-0.39, 0.29) is 6.09 Å². The zero-order valence-electron chi connectivity index (χ0n) is 16.5. The molecule has 0 unspecified atom stereocenters. The number of ether oxygens (including phenoxy) is 2. The quantitative estimate of drug-likeness (QED) is 0.647. The third-order valence-electron chi connectivity index (χ3n) is 4.68. The number of rotatable bonds is 3. The Kier molecular flexibility index (Phi) is 5.77. The molecule has 2 aliphatic rings. The lowest BCUT2D eigenvalue weighted by molar-refractivity contribution is 0.0186. The van der Waals surface area contributed by atoms with Crippen molar-refractivity contribution in [2.75, 3.05) is 39.3 Å². The molecule has 0 aromatic heterocycles. The van der Waals surface area contributed by atoms with Crippen LogP contribution in [0.4, 0.5) is 4.79 Å². The third-order valence-corrected chi connectivity index (χ3v) is 4.68. The third kappa shape index (κ3) is 5.28. The molecule has 27 heavy (non-hydrogen) atoms. The minimum atomic E-state index is -0.474. The fourth-order valence-electron chi connectivity index (χ4n) is 3.24. The minimum Gasteiger partial charge on any atom is -0.493 e. The molecule has 2 N–H and O–H groups in total. The van der Waals surface area contributed by atoms with Crippen LogP contribution in [0.25, 0.3) is 0 Å². The lowest BCUT2D eigenvalue weighted by atomic mass is 10.1. The van der Waals surface area contributed by atoms with Gasteiger partial charge in [-0.1, -0.05) is 12.1 Å². The van der Waals surface area contributed by atoms with Crippen molar-refractivity contribution in [2.24, 2.45) is 10.7 Å². The zero-order chi connectivity index (χ0) is 19.4. The Hall–Kier alpha value is -2.44. The van der Waals surface area contributed by atoms with Crippen molar-refractivity contribution in [3.8, 4) is 5.75 Å². The van der Waals surface area contributed by atoms with Crippen LogP contribution in [0, 0.1) is 0 Å². The van der Waals surface area contributed by atoms with Crippen molar-refractivity contribution in [1.82, 2.24) is 9.80 Å². The molecule has 7 heteroatoms. The number of guanidine groups is 1. The first-order valence-corrected chi connectivity index (χ1v) is 9.59. The maximum Gasteiger partial charge on any atom is 0.410 e. The standard InChI is InChI=1S/C20H30N4O3/c1-20(2,3)27-19(25)24-11-9-23(10-12-24)18(21)22-8-6-15-4-5-17-16(14-15)7-13-26-17/h4-5,14H,6-13H2,1-3H3,(H2,21,22). The Bertz CT molecular complexity index is 704. The predicted octanol–water partition coefficient (Wildman–Crippen LogP) is 2.03. The molecule has 1 aromatic rings. The highest BCUT2D eigenvalue weighted by Gasteiger charge is 2.26. The number of amides is 1. The zero-order valence-corrected chi connectivity index (χ0v) is 16.5. The maximum absolute atomic E-state index is 12.1. The second-order valence-corrected chi connectivity index (χ2v) is 7.98. The fourth-order valence-corrected chi connectivity index (χ4v) is 3.24. The average Bonchev–Trinajstić information content (AvgIpc) is 3.08. The van der Waals surface area contributed by atoms with Crippen LogP contribution in [0.3, 0.4) is 0 Å². The molecular formula is C20H30N4O3. The van der Waals surface area contributed by atoms with Crippen LogP contribution >= 0.6 is 0 Å².